The average Bonchev–Trinajstić information content (AvgIpc) is 2.54. The van der Waals surface area contributed by atoms with Crippen LogP contribution in [-0.4, -0.2) is 63.5 Å². The monoisotopic (exact) mass is 327 g/mol. The minimum atomic E-state index is -0.184. The number of morpholine rings is 1. The molecule has 0 spiro atoms. The fourth-order valence-corrected chi connectivity index (χ4v) is 2.29. The summed E-state index contributed by atoms with van der Waals surface area (Å²) in [7, 11) is 0. The molecule has 0 saturated carbocycles. The van der Waals surface area contributed by atoms with Crippen molar-refractivity contribution in [2.24, 2.45) is 0 Å². The number of para-hydroxylation sites is 1. The van der Waals surface area contributed by atoms with E-state index in [9.17, 15) is 4.79 Å². The smallest absolute Gasteiger partial charge is 0.314 e. The van der Waals surface area contributed by atoms with Gasteiger partial charge in [-0.3, -0.25) is 4.90 Å². The number of amides is 2. The first kappa shape index (κ1) is 16.9. The van der Waals surface area contributed by atoms with Crippen molar-refractivity contribution < 1.29 is 14.3 Å². The fraction of sp³-hybridized carbons (Fsp3) is 0.533. The van der Waals surface area contributed by atoms with Gasteiger partial charge < -0.3 is 20.1 Å². The Bertz CT molecular complexity index is 467. The first-order chi connectivity index (χ1) is 10.8. The summed E-state index contributed by atoms with van der Waals surface area (Å²) in [4.78, 5) is 13.9. The summed E-state index contributed by atoms with van der Waals surface area (Å²) in [6.07, 6.45) is 0. The highest BCUT2D eigenvalue weighted by molar-refractivity contribution is 6.32. The number of urea groups is 1. The largest absolute Gasteiger partial charge is 0.490 e. The first-order valence-corrected chi connectivity index (χ1v) is 7.82. The molecule has 6 nitrogen and oxygen atoms in total. The molecule has 2 amide bonds. The number of carbonyl (C=O) groups is 1. The van der Waals surface area contributed by atoms with Crippen molar-refractivity contribution in [3.05, 3.63) is 29.3 Å². The van der Waals surface area contributed by atoms with E-state index >= 15 is 0 Å². The Kier molecular flexibility index (Phi) is 7.28. The van der Waals surface area contributed by atoms with E-state index in [-0.39, 0.29) is 6.03 Å². The Morgan fingerprint density at radius 2 is 1.95 bits per heavy atom. The number of rotatable bonds is 7. The van der Waals surface area contributed by atoms with Crippen molar-refractivity contribution >= 4 is 17.6 Å². The van der Waals surface area contributed by atoms with Gasteiger partial charge in [0.15, 0.2) is 0 Å². The van der Waals surface area contributed by atoms with E-state index in [2.05, 4.69) is 15.5 Å². The number of nitrogens with one attached hydrogen (secondary N) is 2. The number of carbonyl (C=O) groups excluding carboxylic acids is 1. The van der Waals surface area contributed by atoms with Gasteiger partial charge in [0.1, 0.15) is 12.4 Å². The lowest BCUT2D eigenvalue weighted by molar-refractivity contribution is 0.0387. The van der Waals surface area contributed by atoms with Crippen molar-refractivity contribution in [2.45, 2.75) is 0 Å². The second-order valence-electron chi connectivity index (χ2n) is 4.92. The van der Waals surface area contributed by atoms with Gasteiger partial charge in [-0.15, -0.1) is 0 Å². The van der Waals surface area contributed by atoms with E-state index in [1.165, 1.54) is 0 Å². The molecule has 2 N–H and O–H groups in total. The summed E-state index contributed by atoms with van der Waals surface area (Å²) in [6.45, 7) is 5.65. The molecule has 1 saturated heterocycles. The Balaban J connectivity index is 1.51. The van der Waals surface area contributed by atoms with Crippen LogP contribution >= 0.6 is 11.6 Å². The van der Waals surface area contributed by atoms with Crippen molar-refractivity contribution in [3.63, 3.8) is 0 Å². The Hall–Kier alpha value is -1.50. The summed E-state index contributed by atoms with van der Waals surface area (Å²) < 4.78 is 10.8. The van der Waals surface area contributed by atoms with E-state index < -0.39 is 0 Å². The molecule has 0 aromatic heterocycles. The SMILES string of the molecule is O=C(NCCOc1ccccc1Cl)NCCN1CCOCC1. The number of hydrogen-bond acceptors (Lipinski definition) is 4. The first-order valence-electron chi connectivity index (χ1n) is 7.45. The third kappa shape index (κ3) is 6.09. The zero-order chi connectivity index (χ0) is 15.6. The molecule has 1 aromatic rings. The van der Waals surface area contributed by atoms with Gasteiger partial charge in [-0.2, -0.15) is 0 Å². The van der Waals surface area contributed by atoms with Crippen LogP contribution in [0.2, 0.25) is 5.02 Å². The second-order valence-corrected chi connectivity index (χ2v) is 5.32. The molecule has 0 unspecified atom stereocenters. The summed E-state index contributed by atoms with van der Waals surface area (Å²) in [6, 6.07) is 7.08. The molecule has 7 heteroatoms. The van der Waals surface area contributed by atoms with E-state index in [1.807, 2.05) is 12.1 Å². The number of ether oxygens (including phenoxy) is 2. The Morgan fingerprint density at radius 1 is 1.23 bits per heavy atom. The highest BCUT2D eigenvalue weighted by Crippen LogP contribution is 2.22. The highest BCUT2D eigenvalue weighted by Gasteiger charge is 2.09. The van der Waals surface area contributed by atoms with Crippen LogP contribution in [0, 0.1) is 0 Å². The summed E-state index contributed by atoms with van der Waals surface area (Å²) in [5.41, 5.74) is 0. The van der Waals surface area contributed by atoms with Crippen LogP contribution in [0.25, 0.3) is 0 Å². The molecule has 0 bridgehead atoms. The molecule has 0 atom stereocenters. The van der Waals surface area contributed by atoms with Gasteiger partial charge in [0.2, 0.25) is 0 Å². The fourth-order valence-electron chi connectivity index (χ4n) is 2.10. The van der Waals surface area contributed by atoms with Crippen LogP contribution in [0.4, 0.5) is 4.79 Å². The molecule has 0 radical (unpaired) electrons. The van der Waals surface area contributed by atoms with Crippen molar-refractivity contribution in [3.8, 4) is 5.75 Å². The third-order valence-corrected chi connectivity index (χ3v) is 3.61. The standard InChI is InChI=1S/C15H22ClN3O3/c16-13-3-1-2-4-14(13)22-10-6-18-15(20)17-5-7-19-8-11-21-12-9-19/h1-4H,5-12H2,(H2,17,18,20). The molecule has 22 heavy (non-hydrogen) atoms. The van der Waals surface area contributed by atoms with E-state index in [0.29, 0.717) is 30.5 Å². The van der Waals surface area contributed by atoms with Gasteiger partial charge in [-0.05, 0) is 12.1 Å². The van der Waals surface area contributed by atoms with Gasteiger partial charge in [0.25, 0.3) is 0 Å². The number of benzene rings is 1. The van der Waals surface area contributed by atoms with Crippen molar-refractivity contribution in [1.82, 2.24) is 15.5 Å². The number of nitrogens with zero attached hydrogens (tertiary/aromatic N) is 1. The minimum absolute atomic E-state index is 0.184. The van der Waals surface area contributed by atoms with Crippen LogP contribution in [0.1, 0.15) is 0 Å². The Labute approximate surface area is 135 Å². The van der Waals surface area contributed by atoms with E-state index in [4.69, 9.17) is 21.1 Å². The van der Waals surface area contributed by atoms with Crippen LogP contribution < -0.4 is 15.4 Å². The van der Waals surface area contributed by atoms with Crippen LogP contribution in [0.5, 0.6) is 5.75 Å². The quantitative estimate of drug-likeness (QED) is 0.742. The van der Waals surface area contributed by atoms with Crippen LogP contribution in [0.3, 0.4) is 0 Å². The molecule has 1 aliphatic rings. The lowest BCUT2D eigenvalue weighted by atomic mass is 10.3. The molecule has 2 rings (SSSR count). The summed E-state index contributed by atoms with van der Waals surface area (Å²) in [5, 5.41) is 6.14. The maximum atomic E-state index is 11.6. The maximum absolute atomic E-state index is 11.6. The van der Waals surface area contributed by atoms with Crippen molar-refractivity contribution in [2.75, 3.05) is 52.5 Å². The number of halogens is 1. The van der Waals surface area contributed by atoms with Crippen molar-refractivity contribution in [1.29, 1.82) is 0 Å². The summed E-state index contributed by atoms with van der Waals surface area (Å²) >= 11 is 5.97. The van der Waals surface area contributed by atoms with Gasteiger partial charge in [0.05, 0.1) is 24.8 Å². The van der Waals surface area contributed by atoms with Gasteiger partial charge in [-0.1, -0.05) is 23.7 Å². The van der Waals surface area contributed by atoms with E-state index in [0.717, 1.165) is 32.8 Å². The predicted octanol–water partition coefficient (Wildman–Crippen LogP) is 1.35. The highest BCUT2D eigenvalue weighted by atomic mass is 35.5. The summed E-state index contributed by atoms with van der Waals surface area (Å²) in [5.74, 6) is 0.624. The predicted molar refractivity (Wildman–Crippen MR) is 85.6 cm³/mol. The lowest BCUT2D eigenvalue weighted by Gasteiger charge is -2.26. The topological polar surface area (TPSA) is 62.8 Å². The third-order valence-electron chi connectivity index (χ3n) is 3.30. The Morgan fingerprint density at radius 3 is 2.73 bits per heavy atom. The lowest BCUT2D eigenvalue weighted by Crippen LogP contribution is -2.44. The molecule has 0 aliphatic carbocycles. The minimum Gasteiger partial charge on any atom is -0.490 e. The maximum Gasteiger partial charge on any atom is 0.314 e. The molecular weight excluding hydrogens is 306 g/mol. The second kappa shape index (κ2) is 9.50. The molecule has 1 aliphatic heterocycles. The van der Waals surface area contributed by atoms with Gasteiger partial charge >= 0.3 is 6.03 Å². The molecule has 1 heterocycles. The normalized spacial score (nSPS) is 15.3. The van der Waals surface area contributed by atoms with Gasteiger partial charge in [0, 0.05) is 26.2 Å². The molecular formula is C15H22ClN3O3. The van der Waals surface area contributed by atoms with Crippen LogP contribution in [0.15, 0.2) is 24.3 Å². The van der Waals surface area contributed by atoms with E-state index in [1.54, 1.807) is 12.1 Å². The van der Waals surface area contributed by atoms with Crippen LogP contribution in [-0.2, 0) is 4.74 Å². The number of hydrogen-bond donors (Lipinski definition) is 2. The molecule has 1 aromatic carbocycles. The zero-order valence-corrected chi connectivity index (χ0v) is 13.3. The van der Waals surface area contributed by atoms with Gasteiger partial charge in [-0.25, -0.2) is 4.79 Å². The average molecular weight is 328 g/mol. The molecule has 122 valence electrons. The molecule has 1 fully saturated rings. The zero-order valence-electron chi connectivity index (χ0n) is 12.5.